The van der Waals surface area contributed by atoms with Gasteiger partial charge < -0.3 is 19.7 Å². The smallest absolute Gasteiger partial charge is 0.227 e. The molecule has 3 aliphatic rings. The third-order valence-electron chi connectivity index (χ3n) is 5.15. The fourth-order valence-electron chi connectivity index (χ4n) is 3.91. The molecule has 0 aliphatic carbocycles. The van der Waals surface area contributed by atoms with Crippen molar-refractivity contribution in [3.8, 4) is 0 Å². The fraction of sp³-hybridized carbons (Fsp3) is 0.765. The van der Waals surface area contributed by atoms with Gasteiger partial charge in [-0.1, -0.05) is 0 Å². The molecule has 1 N–H and O–H groups in total. The Bertz CT molecular complexity index is 521. The topological polar surface area (TPSA) is 59.5 Å². The largest absolute Gasteiger partial charge is 0.379 e. The van der Waals surface area contributed by atoms with E-state index in [1.165, 1.54) is 12.8 Å². The Morgan fingerprint density at radius 2 is 2.13 bits per heavy atom. The number of rotatable bonds is 3. The lowest BCUT2D eigenvalue weighted by atomic mass is 9.89. The Hall–Kier alpha value is -1.40. The zero-order valence-corrected chi connectivity index (χ0v) is 13.6. The predicted molar refractivity (Wildman–Crippen MR) is 88.8 cm³/mol. The second kappa shape index (κ2) is 7.01. The van der Waals surface area contributed by atoms with E-state index >= 15 is 0 Å². The fourth-order valence-corrected chi connectivity index (χ4v) is 3.91. The Morgan fingerprint density at radius 3 is 3.04 bits per heavy atom. The highest BCUT2D eigenvalue weighted by molar-refractivity contribution is 5.42. The summed E-state index contributed by atoms with van der Waals surface area (Å²) in [5, 5.41) is 3.49. The predicted octanol–water partition coefficient (Wildman–Crippen LogP) is 2.07. The van der Waals surface area contributed by atoms with Gasteiger partial charge in [-0.25, -0.2) is 4.98 Å². The molecule has 3 fully saturated rings. The van der Waals surface area contributed by atoms with Crippen LogP contribution in [0.4, 0.5) is 11.8 Å². The van der Waals surface area contributed by atoms with Crippen LogP contribution in [0.15, 0.2) is 12.3 Å². The average Bonchev–Trinajstić information content (AvgIpc) is 2.62. The molecule has 1 aromatic rings. The van der Waals surface area contributed by atoms with E-state index in [-0.39, 0.29) is 0 Å². The minimum atomic E-state index is 0.365. The van der Waals surface area contributed by atoms with Crippen molar-refractivity contribution >= 4 is 11.8 Å². The zero-order valence-electron chi connectivity index (χ0n) is 13.6. The summed E-state index contributed by atoms with van der Waals surface area (Å²) in [4.78, 5) is 11.5. The van der Waals surface area contributed by atoms with Crippen LogP contribution in [-0.4, -0.2) is 55.0 Å². The number of fused-ring (bicyclic) bond motifs is 1. The van der Waals surface area contributed by atoms with E-state index in [0.29, 0.717) is 18.1 Å². The van der Waals surface area contributed by atoms with Gasteiger partial charge in [0.05, 0.1) is 18.8 Å². The molecule has 4 rings (SSSR count). The lowest BCUT2D eigenvalue weighted by Gasteiger charge is -2.41. The summed E-state index contributed by atoms with van der Waals surface area (Å²) in [6.07, 6.45) is 8.09. The summed E-state index contributed by atoms with van der Waals surface area (Å²) in [5.74, 6) is 2.38. The quantitative estimate of drug-likeness (QED) is 0.921. The van der Waals surface area contributed by atoms with Crippen molar-refractivity contribution in [1.82, 2.24) is 9.97 Å². The van der Waals surface area contributed by atoms with Crippen molar-refractivity contribution in [1.29, 1.82) is 0 Å². The summed E-state index contributed by atoms with van der Waals surface area (Å²) in [7, 11) is 0. The standard InChI is InChI=1S/C17H26N4O2/c1-3-13-11-21(8-6-15(13)23-10-1)17-18-7-5-16(20-17)19-14-4-2-9-22-12-14/h5,7,13-15H,1-4,6,8-12H2,(H,18,19,20)/t13-,14-,15+/m1/s1. The molecule has 0 radical (unpaired) electrons. The summed E-state index contributed by atoms with van der Waals surface area (Å²) in [6.45, 7) is 4.58. The molecule has 0 spiro atoms. The first-order chi connectivity index (χ1) is 11.4. The number of hydrogen-bond donors (Lipinski definition) is 1. The first-order valence-corrected chi connectivity index (χ1v) is 8.92. The molecule has 0 aromatic carbocycles. The van der Waals surface area contributed by atoms with Crippen LogP contribution >= 0.6 is 0 Å². The van der Waals surface area contributed by atoms with Crippen LogP contribution < -0.4 is 10.2 Å². The third kappa shape index (κ3) is 3.58. The number of nitrogens with zero attached hydrogens (tertiary/aromatic N) is 3. The molecule has 4 heterocycles. The van der Waals surface area contributed by atoms with Crippen LogP contribution in [-0.2, 0) is 9.47 Å². The van der Waals surface area contributed by atoms with Gasteiger partial charge in [0.15, 0.2) is 0 Å². The molecule has 0 bridgehead atoms. The van der Waals surface area contributed by atoms with Crippen molar-refractivity contribution in [2.45, 2.75) is 44.2 Å². The highest BCUT2D eigenvalue weighted by Gasteiger charge is 2.33. The van der Waals surface area contributed by atoms with Crippen LogP contribution in [0.3, 0.4) is 0 Å². The Kier molecular flexibility index (Phi) is 4.62. The normalized spacial score (nSPS) is 31.5. The maximum atomic E-state index is 5.90. The van der Waals surface area contributed by atoms with Gasteiger partial charge in [-0.05, 0) is 38.2 Å². The van der Waals surface area contributed by atoms with Gasteiger partial charge in [0.2, 0.25) is 5.95 Å². The monoisotopic (exact) mass is 318 g/mol. The van der Waals surface area contributed by atoms with Crippen molar-refractivity contribution in [3.05, 3.63) is 12.3 Å². The number of anilines is 2. The Balaban J connectivity index is 1.41. The summed E-state index contributed by atoms with van der Waals surface area (Å²) in [6, 6.07) is 2.32. The lowest BCUT2D eigenvalue weighted by molar-refractivity contribution is -0.0359. The van der Waals surface area contributed by atoms with E-state index in [1.807, 2.05) is 12.3 Å². The van der Waals surface area contributed by atoms with Crippen LogP contribution in [0.25, 0.3) is 0 Å². The number of hydrogen-bond acceptors (Lipinski definition) is 6. The van der Waals surface area contributed by atoms with E-state index in [4.69, 9.17) is 14.5 Å². The van der Waals surface area contributed by atoms with Crippen LogP contribution in [0.5, 0.6) is 0 Å². The molecule has 3 atom stereocenters. The van der Waals surface area contributed by atoms with Crippen molar-refractivity contribution < 1.29 is 9.47 Å². The van der Waals surface area contributed by atoms with E-state index in [0.717, 1.165) is 63.9 Å². The van der Waals surface area contributed by atoms with Crippen molar-refractivity contribution in [2.75, 3.05) is 43.1 Å². The summed E-state index contributed by atoms with van der Waals surface area (Å²) < 4.78 is 11.4. The van der Waals surface area contributed by atoms with Gasteiger partial charge in [0, 0.05) is 38.4 Å². The Labute approximate surface area is 137 Å². The molecule has 126 valence electrons. The van der Waals surface area contributed by atoms with Gasteiger partial charge in [-0.2, -0.15) is 4.98 Å². The maximum absolute atomic E-state index is 5.90. The molecule has 3 aliphatic heterocycles. The Morgan fingerprint density at radius 1 is 1.17 bits per heavy atom. The molecule has 0 amide bonds. The minimum absolute atomic E-state index is 0.365. The molecule has 23 heavy (non-hydrogen) atoms. The highest BCUT2D eigenvalue weighted by atomic mass is 16.5. The minimum Gasteiger partial charge on any atom is -0.379 e. The van der Waals surface area contributed by atoms with E-state index in [1.54, 1.807) is 0 Å². The van der Waals surface area contributed by atoms with Gasteiger partial charge >= 0.3 is 0 Å². The van der Waals surface area contributed by atoms with Crippen LogP contribution in [0.1, 0.15) is 32.1 Å². The molecular formula is C17H26N4O2. The zero-order chi connectivity index (χ0) is 15.5. The lowest BCUT2D eigenvalue weighted by Crippen LogP contribution is -2.47. The van der Waals surface area contributed by atoms with Crippen molar-refractivity contribution in [2.24, 2.45) is 5.92 Å². The molecule has 0 saturated carbocycles. The van der Waals surface area contributed by atoms with Gasteiger partial charge in [-0.15, -0.1) is 0 Å². The third-order valence-corrected chi connectivity index (χ3v) is 5.15. The van der Waals surface area contributed by atoms with Crippen LogP contribution in [0.2, 0.25) is 0 Å². The second-order valence-electron chi connectivity index (χ2n) is 6.85. The number of aromatic nitrogens is 2. The highest BCUT2D eigenvalue weighted by Crippen LogP contribution is 2.30. The number of ether oxygens (including phenoxy) is 2. The van der Waals surface area contributed by atoms with E-state index in [2.05, 4.69) is 15.2 Å². The maximum Gasteiger partial charge on any atom is 0.227 e. The van der Waals surface area contributed by atoms with Gasteiger partial charge in [0.1, 0.15) is 5.82 Å². The second-order valence-corrected chi connectivity index (χ2v) is 6.85. The molecular weight excluding hydrogens is 292 g/mol. The molecule has 6 heteroatoms. The van der Waals surface area contributed by atoms with E-state index in [9.17, 15) is 0 Å². The van der Waals surface area contributed by atoms with Gasteiger partial charge in [0.25, 0.3) is 0 Å². The van der Waals surface area contributed by atoms with Gasteiger partial charge in [-0.3, -0.25) is 0 Å². The first-order valence-electron chi connectivity index (χ1n) is 8.92. The first kappa shape index (κ1) is 15.1. The molecule has 1 aromatic heterocycles. The number of piperidine rings is 1. The molecule has 0 unspecified atom stereocenters. The average molecular weight is 318 g/mol. The summed E-state index contributed by atoms with van der Waals surface area (Å²) in [5.41, 5.74) is 0. The number of nitrogens with one attached hydrogen (secondary N) is 1. The van der Waals surface area contributed by atoms with Crippen LogP contribution in [0, 0.1) is 5.92 Å². The summed E-state index contributed by atoms with van der Waals surface area (Å²) >= 11 is 0. The molecule has 6 nitrogen and oxygen atoms in total. The van der Waals surface area contributed by atoms with Crippen molar-refractivity contribution in [3.63, 3.8) is 0 Å². The van der Waals surface area contributed by atoms with E-state index < -0.39 is 0 Å². The molecule has 3 saturated heterocycles. The SMILES string of the molecule is c1cc(N[C@@H]2CCCOC2)nc(N2CC[C@@H]3OCCC[C@@H]3C2)n1.